The van der Waals surface area contributed by atoms with Gasteiger partial charge in [-0.15, -0.1) is 0 Å². The maximum atomic E-state index is 13.4. The predicted molar refractivity (Wildman–Crippen MR) is 107 cm³/mol. The van der Waals surface area contributed by atoms with Crippen molar-refractivity contribution in [3.63, 3.8) is 0 Å². The summed E-state index contributed by atoms with van der Waals surface area (Å²) in [4.78, 5) is 52.6. The van der Waals surface area contributed by atoms with Crippen LogP contribution in [0.5, 0.6) is 0 Å². The lowest BCUT2D eigenvalue weighted by molar-refractivity contribution is -0.143. The van der Waals surface area contributed by atoms with Gasteiger partial charge < -0.3 is 15.8 Å². The molecule has 1 spiro atoms. The molecule has 3 aliphatic heterocycles. The molecule has 0 unspecified atom stereocenters. The fourth-order valence-corrected chi connectivity index (χ4v) is 5.11. The molecule has 4 amide bonds. The number of ether oxygens (including phenoxy) is 1. The van der Waals surface area contributed by atoms with Gasteiger partial charge in [0.25, 0.3) is 0 Å². The monoisotopic (exact) mass is 414 g/mol. The fourth-order valence-electron chi connectivity index (χ4n) is 5.11. The first-order chi connectivity index (χ1) is 14.3. The van der Waals surface area contributed by atoms with E-state index in [1.165, 1.54) is 4.90 Å². The van der Waals surface area contributed by atoms with Crippen molar-refractivity contribution in [2.45, 2.75) is 37.8 Å². The molecule has 160 valence electrons. The number of nitrogens with one attached hydrogen (secondary N) is 2. The summed E-state index contributed by atoms with van der Waals surface area (Å²) in [5, 5.41) is 6.16. The number of hydrogen-bond acceptors (Lipinski definition) is 6. The van der Waals surface area contributed by atoms with E-state index in [1.54, 1.807) is 7.11 Å². The Bertz CT molecular complexity index is 932. The van der Waals surface area contributed by atoms with Crippen LogP contribution in [0.2, 0.25) is 0 Å². The zero-order valence-corrected chi connectivity index (χ0v) is 17.1. The first-order valence-electron chi connectivity index (χ1n) is 10.1. The van der Waals surface area contributed by atoms with Crippen molar-refractivity contribution in [3.05, 3.63) is 29.3 Å². The number of primary amides is 1. The van der Waals surface area contributed by atoms with Gasteiger partial charge in [-0.1, -0.05) is 17.7 Å². The fraction of sp³-hybridized carbons (Fsp3) is 0.524. The van der Waals surface area contributed by atoms with E-state index in [0.717, 1.165) is 5.56 Å². The number of carbonyl (C=O) groups excluding carboxylic acids is 4. The number of anilines is 1. The third-order valence-corrected chi connectivity index (χ3v) is 6.39. The van der Waals surface area contributed by atoms with E-state index in [2.05, 4.69) is 10.6 Å². The normalized spacial score (nSPS) is 29.5. The first-order valence-corrected chi connectivity index (χ1v) is 10.1. The minimum atomic E-state index is -1.34. The number of likely N-dealkylation sites (tertiary alicyclic amines) is 1. The van der Waals surface area contributed by atoms with E-state index in [1.807, 2.05) is 25.1 Å². The first kappa shape index (κ1) is 20.5. The van der Waals surface area contributed by atoms with Crippen LogP contribution >= 0.6 is 0 Å². The zero-order chi connectivity index (χ0) is 21.6. The molecule has 9 heteroatoms. The second-order valence-corrected chi connectivity index (χ2v) is 8.24. The number of benzene rings is 1. The number of hydrogen-bond donors (Lipinski definition) is 3. The number of nitrogens with two attached hydrogens (primary N) is 1. The van der Waals surface area contributed by atoms with Crippen LogP contribution < -0.4 is 16.4 Å². The molecule has 0 bridgehead atoms. The van der Waals surface area contributed by atoms with Gasteiger partial charge in [0, 0.05) is 44.0 Å². The van der Waals surface area contributed by atoms with Gasteiger partial charge in [0.05, 0.1) is 11.8 Å². The number of amides is 4. The van der Waals surface area contributed by atoms with E-state index in [0.29, 0.717) is 24.3 Å². The highest BCUT2D eigenvalue weighted by atomic mass is 16.5. The average Bonchev–Trinajstić information content (AvgIpc) is 3.27. The summed E-state index contributed by atoms with van der Waals surface area (Å²) in [7, 11) is 1.56. The minimum Gasteiger partial charge on any atom is -0.385 e. The highest BCUT2D eigenvalue weighted by Gasteiger charge is 2.70. The van der Waals surface area contributed by atoms with Crippen LogP contribution in [0.4, 0.5) is 5.69 Å². The van der Waals surface area contributed by atoms with Gasteiger partial charge >= 0.3 is 0 Å². The van der Waals surface area contributed by atoms with Crippen molar-refractivity contribution in [3.8, 4) is 0 Å². The summed E-state index contributed by atoms with van der Waals surface area (Å²) in [6.07, 6.45) is 0.851. The summed E-state index contributed by atoms with van der Waals surface area (Å²) < 4.78 is 5.05. The van der Waals surface area contributed by atoms with Gasteiger partial charge in [-0.05, 0) is 25.8 Å². The number of nitrogens with zero attached hydrogens (tertiary/aromatic N) is 1. The van der Waals surface area contributed by atoms with Gasteiger partial charge in [0.2, 0.25) is 23.6 Å². The zero-order valence-electron chi connectivity index (χ0n) is 17.1. The molecule has 30 heavy (non-hydrogen) atoms. The highest BCUT2D eigenvalue weighted by Crippen LogP contribution is 2.53. The van der Waals surface area contributed by atoms with E-state index in [-0.39, 0.29) is 37.1 Å². The van der Waals surface area contributed by atoms with Gasteiger partial charge in [0.15, 0.2) is 0 Å². The van der Waals surface area contributed by atoms with Gasteiger partial charge in [-0.3, -0.25) is 29.4 Å². The van der Waals surface area contributed by atoms with Crippen LogP contribution in [0.15, 0.2) is 18.2 Å². The Morgan fingerprint density at radius 1 is 1.27 bits per heavy atom. The topological polar surface area (TPSA) is 131 Å². The number of imide groups is 1. The smallest absolute Gasteiger partial charge is 0.250 e. The van der Waals surface area contributed by atoms with Crippen LogP contribution in [0.25, 0.3) is 0 Å². The van der Waals surface area contributed by atoms with Crippen molar-refractivity contribution in [1.82, 2.24) is 10.2 Å². The molecule has 0 aromatic heterocycles. The van der Waals surface area contributed by atoms with Crippen molar-refractivity contribution < 1.29 is 23.9 Å². The van der Waals surface area contributed by atoms with Gasteiger partial charge in [-0.2, -0.15) is 0 Å². The number of carbonyl (C=O) groups is 4. The molecule has 0 aliphatic carbocycles. The summed E-state index contributed by atoms with van der Waals surface area (Å²) in [6, 6.07) is 5.05. The highest BCUT2D eigenvalue weighted by molar-refractivity contribution is 6.15. The molecule has 4 rings (SSSR count). The van der Waals surface area contributed by atoms with Crippen molar-refractivity contribution in [1.29, 1.82) is 0 Å². The van der Waals surface area contributed by atoms with E-state index >= 15 is 0 Å². The van der Waals surface area contributed by atoms with Crippen LogP contribution in [-0.4, -0.2) is 54.8 Å². The summed E-state index contributed by atoms with van der Waals surface area (Å²) in [6.45, 7) is 2.56. The molecule has 3 heterocycles. The molecule has 9 nitrogen and oxygen atoms in total. The molecular formula is C21H26N4O5. The average molecular weight is 414 g/mol. The Labute approximate surface area is 174 Å². The standard InChI is InChI=1S/C21H26N4O5/c1-11-4-5-13-12(10-11)21(20(29)23-13)17-16(14(24-21)6-7-15(22)26)18(27)25(19(17)28)8-3-9-30-2/h4-5,10,14,16-17,24H,3,6-9H2,1-2H3,(H2,22,26)(H,23,29)/t14-,16+,17-,21-/m0/s1. The van der Waals surface area contributed by atoms with Crippen LogP contribution in [0, 0.1) is 18.8 Å². The molecule has 1 aromatic carbocycles. The van der Waals surface area contributed by atoms with E-state index in [9.17, 15) is 19.2 Å². The number of fused-ring (bicyclic) bond motifs is 4. The molecule has 4 N–H and O–H groups in total. The Kier molecular flexibility index (Phi) is 5.11. The molecule has 0 saturated carbocycles. The molecule has 1 aromatic rings. The second-order valence-electron chi connectivity index (χ2n) is 8.24. The van der Waals surface area contributed by atoms with Crippen LogP contribution in [-0.2, 0) is 29.5 Å². The van der Waals surface area contributed by atoms with Crippen LogP contribution in [0.3, 0.4) is 0 Å². The quantitative estimate of drug-likeness (QED) is 0.426. The number of methoxy groups -OCH3 is 1. The molecular weight excluding hydrogens is 388 g/mol. The van der Waals surface area contributed by atoms with Crippen molar-refractivity contribution >= 4 is 29.3 Å². The SMILES string of the molecule is COCCCN1C(=O)[C@@H]2[C@H](CCC(N)=O)N[C@]3(C(=O)Nc4ccc(C)cc43)[C@@H]2C1=O. The third kappa shape index (κ3) is 2.92. The molecule has 2 saturated heterocycles. The Morgan fingerprint density at radius 3 is 2.73 bits per heavy atom. The predicted octanol–water partition coefficient (Wildman–Crippen LogP) is 0.0174. The lowest BCUT2D eigenvalue weighted by atomic mass is 9.76. The Morgan fingerprint density at radius 2 is 2.03 bits per heavy atom. The third-order valence-electron chi connectivity index (χ3n) is 6.39. The summed E-state index contributed by atoms with van der Waals surface area (Å²) in [5.74, 6) is -3.10. The van der Waals surface area contributed by atoms with Crippen LogP contribution in [0.1, 0.15) is 30.4 Å². The second kappa shape index (κ2) is 7.48. The lowest BCUT2D eigenvalue weighted by Gasteiger charge is -2.29. The van der Waals surface area contributed by atoms with Crippen molar-refractivity contribution in [2.75, 3.05) is 25.6 Å². The molecule has 0 radical (unpaired) electrons. The molecule has 2 fully saturated rings. The largest absolute Gasteiger partial charge is 0.385 e. The lowest BCUT2D eigenvalue weighted by Crippen LogP contribution is -2.53. The van der Waals surface area contributed by atoms with Gasteiger partial charge in [-0.25, -0.2) is 0 Å². The molecule has 3 aliphatic rings. The Balaban J connectivity index is 1.77. The summed E-state index contributed by atoms with van der Waals surface area (Å²) >= 11 is 0. The maximum absolute atomic E-state index is 13.4. The number of rotatable bonds is 7. The minimum absolute atomic E-state index is 0.0599. The number of aryl methyl sites for hydroxylation is 1. The van der Waals surface area contributed by atoms with E-state index in [4.69, 9.17) is 10.5 Å². The van der Waals surface area contributed by atoms with Gasteiger partial charge in [0.1, 0.15) is 5.54 Å². The maximum Gasteiger partial charge on any atom is 0.250 e. The summed E-state index contributed by atoms with van der Waals surface area (Å²) in [5.41, 5.74) is 6.23. The Hall–Kier alpha value is -2.78. The van der Waals surface area contributed by atoms with Crippen molar-refractivity contribution in [2.24, 2.45) is 17.6 Å². The van der Waals surface area contributed by atoms with E-state index < -0.39 is 29.3 Å². The molecule has 4 atom stereocenters.